The lowest BCUT2D eigenvalue weighted by molar-refractivity contribution is -0.132. The minimum atomic E-state index is -0.972. The molecule has 1 fully saturated rings. The van der Waals surface area contributed by atoms with Crippen LogP contribution in [0.25, 0.3) is 5.76 Å². The monoisotopic (exact) mass is 409 g/mol. The van der Waals surface area contributed by atoms with E-state index in [0.717, 1.165) is 17.0 Å². The van der Waals surface area contributed by atoms with Crippen LogP contribution in [0.15, 0.2) is 72.6 Å². The van der Waals surface area contributed by atoms with Crippen molar-refractivity contribution in [2.45, 2.75) is 6.04 Å². The van der Waals surface area contributed by atoms with Crippen LogP contribution < -0.4 is 4.90 Å². The number of nitrogens with zero attached hydrogens (tertiary/aromatic N) is 3. The predicted octanol–water partition coefficient (Wildman–Crippen LogP) is 3.90. The van der Waals surface area contributed by atoms with Crippen molar-refractivity contribution in [2.75, 3.05) is 4.90 Å². The van der Waals surface area contributed by atoms with Gasteiger partial charge in [0.1, 0.15) is 11.6 Å². The number of hydrogen-bond acceptors (Lipinski definition) is 5. The lowest BCUT2D eigenvalue weighted by Gasteiger charge is -2.23. The van der Waals surface area contributed by atoms with Gasteiger partial charge in [-0.25, -0.2) is 14.4 Å². The average Bonchev–Trinajstić information content (AvgIpc) is 3.00. The molecule has 0 spiro atoms. The van der Waals surface area contributed by atoms with Crippen LogP contribution in [0.1, 0.15) is 17.2 Å². The van der Waals surface area contributed by atoms with E-state index in [9.17, 15) is 19.1 Å². The third-order valence-electron chi connectivity index (χ3n) is 4.52. The zero-order valence-electron chi connectivity index (χ0n) is 14.8. The number of halogens is 2. The topological polar surface area (TPSA) is 83.4 Å². The van der Waals surface area contributed by atoms with E-state index in [-0.39, 0.29) is 17.1 Å². The van der Waals surface area contributed by atoms with Crippen LogP contribution in [-0.4, -0.2) is 26.8 Å². The van der Waals surface area contributed by atoms with E-state index in [0.29, 0.717) is 10.6 Å². The van der Waals surface area contributed by atoms with Gasteiger partial charge < -0.3 is 5.11 Å². The summed E-state index contributed by atoms with van der Waals surface area (Å²) in [6.45, 7) is 0. The van der Waals surface area contributed by atoms with E-state index in [1.165, 1.54) is 24.5 Å². The fourth-order valence-corrected chi connectivity index (χ4v) is 3.30. The van der Waals surface area contributed by atoms with Crippen LogP contribution in [0, 0.1) is 5.82 Å². The number of carbonyl (C=O) groups is 2. The highest BCUT2D eigenvalue weighted by molar-refractivity contribution is 6.51. The summed E-state index contributed by atoms with van der Waals surface area (Å²) in [5.41, 5.74) is 0.596. The molecule has 1 atom stereocenters. The molecule has 0 aliphatic carbocycles. The smallest absolute Gasteiger partial charge is 0.302 e. The first-order chi connectivity index (χ1) is 14.0. The SMILES string of the molecule is O=C1C(=O)N(c2ncccn2)C(c2ccc(Cl)cc2)/C1=C(/O)c1ccc(F)cc1. The minimum absolute atomic E-state index is 0.0210. The number of rotatable bonds is 3. The molecule has 1 unspecified atom stereocenters. The average molecular weight is 410 g/mol. The van der Waals surface area contributed by atoms with Crippen molar-refractivity contribution in [2.24, 2.45) is 0 Å². The summed E-state index contributed by atoms with van der Waals surface area (Å²) in [4.78, 5) is 35.0. The largest absolute Gasteiger partial charge is 0.507 e. The summed E-state index contributed by atoms with van der Waals surface area (Å²) in [5.74, 6) is -2.65. The number of aliphatic hydroxyl groups is 1. The number of anilines is 1. The maximum atomic E-state index is 13.3. The van der Waals surface area contributed by atoms with Crippen LogP contribution in [0.3, 0.4) is 0 Å². The van der Waals surface area contributed by atoms with E-state index >= 15 is 0 Å². The Hall–Kier alpha value is -3.58. The lowest BCUT2D eigenvalue weighted by atomic mass is 9.95. The van der Waals surface area contributed by atoms with Crippen LogP contribution in [-0.2, 0) is 9.59 Å². The van der Waals surface area contributed by atoms with Gasteiger partial charge in [0.2, 0.25) is 5.95 Å². The summed E-state index contributed by atoms with van der Waals surface area (Å²) >= 11 is 5.97. The third kappa shape index (κ3) is 3.36. The molecule has 6 nitrogen and oxygen atoms in total. The second kappa shape index (κ2) is 7.44. The Morgan fingerprint density at radius 1 is 1.00 bits per heavy atom. The van der Waals surface area contributed by atoms with Crippen LogP contribution in [0.2, 0.25) is 5.02 Å². The van der Waals surface area contributed by atoms with Crippen LogP contribution in [0.5, 0.6) is 0 Å². The normalized spacial score (nSPS) is 18.3. The van der Waals surface area contributed by atoms with Crippen molar-refractivity contribution in [3.8, 4) is 0 Å². The van der Waals surface area contributed by atoms with E-state index in [4.69, 9.17) is 11.6 Å². The Kier molecular flexibility index (Phi) is 4.82. The molecular weight excluding hydrogens is 397 g/mol. The molecule has 3 aromatic rings. The highest BCUT2D eigenvalue weighted by Gasteiger charge is 2.48. The number of aliphatic hydroxyl groups excluding tert-OH is 1. The zero-order chi connectivity index (χ0) is 20.5. The molecule has 0 bridgehead atoms. The Balaban J connectivity index is 1.94. The molecule has 2 heterocycles. The van der Waals surface area contributed by atoms with Gasteiger partial charge in [-0.15, -0.1) is 0 Å². The van der Waals surface area contributed by atoms with E-state index in [2.05, 4.69) is 9.97 Å². The lowest BCUT2D eigenvalue weighted by Crippen LogP contribution is -2.31. The Labute approximate surface area is 169 Å². The number of amides is 1. The molecule has 1 aliphatic heterocycles. The predicted molar refractivity (Wildman–Crippen MR) is 105 cm³/mol. The van der Waals surface area contributed by atoms with E-state index in [1.54, 1.807) is 30.3 Å². The highest BCUT2D eigenvalue weighted by Crippen LogP contribution is 2.41. The number of carbonyl (C=O) groups excluding carboxylic acids is 2. The van der Waals surface area contributed by atoms with Crippen molar-refractivity contribution in [1.82, 2.24) is 9.97 Å². The second-order valence-electron chi connectivity index (χ2n) is 6.28. The Morgan fingerprint density at radius 3 is 2.24 bits per heavy atom. The number of ketones is 1. The molecule has 4 rings (SSSR count). The third-order valence-corrected chi connectivity index (χ3v) is 4.77. The number of Topliss-reactive ketones (excluding diaryl/α,β-unsaturated/α-hetero) is 1. The number of hydrogen-bond donors (Lipinski definition) is 1. The van der Waals surface area contributed by atoms with Gasteiger partial charge in [-0.3, -0.25) is 14.5 Å². The van der Waals surface area contributed by atoms with Crippen LogP contribution >= 0.6 is 11.6 Å². The molecular formula is C21H13ClFN3O3. The molecule has 0 radical (unpaired) electrons. The quantitative estimate of drug-likeness (QED) is 0.403. The zero-order valence-corrected chi connectivity index (χ0v) is 15.5. The number of benzene rings is 2. The summed E-state index contributed by atoms with van der Waals surface area (Å²) in [7, 11) is 0. The van der Waals surface area contributed by atoms with Crippen molar-refractivity contribution in [3.05, 3.63) is 94.5 Å². The first-order valence-electron chi connectivity index (χ1n) is 8.57. The molecule has 0 saturated carbocycles. The molecule has 8 heteroatoms. The molecule has 29 heavy (non-hydrogen) atoms. The standard InChI is InChI=1S/C21H13ClFN3O3/c22-14-6-2-12(3-7-14)17-16(18(27)13-4-8-15(23)9-5-13)19(28)20(29)26(17)21-24-10-1-11-25-21/h1-11,17,27H/b18-16-. The van der Waals surface area contributed by atoms with Gasteiger partial charge in [0.05, 0.1) is 11.6 Å². The van der Waals surface area contributed by atoms with Gasteiger partial charge in [-0.2, -0.15) is 0 Å². The van der Waals surface area contributed by atoms with Gasteiger partial charge in [-0.1, -0.05) is 23.7 Å². The fraction of sp³-hybridized carbons (Fsp3) is 0.0476. The molecule has 1 N–H and O–H groups in total. The Bertz CT molecular complexity index is 1120. The van der Waals surface area contributed by atoms with Gasteiger partial charge >= 0.3 is 5.91 Å². The summed E-state index contributed by atoms with van der Waals surface area (Å²) < 4.78 is 13.3. The highest BCUT2D eigenvalue weighted by atomic mass is 35.5. The van der Waals surface area contributed by atoms with Crippen LogP contribution in [0.4, 0.5) is 10.3 Å². The maximum Gasteiger partial charge on any atom is 0.302 e. The molecule has 1 aromatic heterocycles. The molecule has 144 valence electrons. The van der Waals surface area contributed by atoms with Gasteiger partial charge in [-0.05, 0) is 48.0 Å². The fourth-order valence-electron chi connectivity index (χ4n) is 3.18. The van der Waals surface area contributed by atoms with Crippen molar-refractivity contribution in [1.29, 1.82) is 0 Å². The van der Waals surface area contributed by atoms with E-state index < -0.39 is 29.3 Å². The summed E-state index contributed by atoms with van der Waals surface area (Å²) in [6.07, 6.45) is 2.89. The van der Waals surface area contributed by atoms with Crippen molar-refractivity contribution in [3.63, 3.8) is 0 Å². The molecule has 1 aliphatic rings. The van der Waals surface area contributed by atoms with E-state index in [1.807, 2.05) is 0 Å². The first kappa shape index (κ1) is 18.8. The summed E-state index contributed by atoms with van der Waals surface area (Å²) in [6, 6.07) is 12.1. The maximum absolute atomic E-state index is 13.3. The van der Waals surface area contributed by atoms with Gasteiger partial charge in [0.15, 0.2) is 0 Å². The first-order valence-corrected chi connectivity index (χ1v) is 8.94. The van der Waals surface area contributed by atoms with Crippen molar-refractivity contribution < 1.29 is 19.1 Å². The Morgan fingerprint density at radius 2 is 1.62 bits per heavy atom. The number of aromatic nitrogens is 2. The molecule has 2 aromatic carbocycles. The molecule has 1 amide bonds. The minimum Gasteiger partial charge on any atom is -0.507 e. The summed E-state index contributed by atoms with van der Waals surface area (Å²) in [5, 5.41) is 11.3. The second-order valence-corrected chi connectivity index (χ2v) is 6.71. The van der Waals surface area contributed by atoms with Gasteiger partial charge in [0.25, 0.3) is 5.78 Å². The van der Waals surface area contributed by atoms with Crippen molar-refractivity contribution >= 4 is 35.0 Å². The molecule has 1 saturated heterocycles. The van der Waals surface area contributed by atoms with Gasteiger partial charge in [0, 0.05) is 23.0 Å².